The first-order valence-corrected chi connectivity index (χ1v) is 10.6. The molecule has 3 heterocycles. The van der Waals surface area contributed by atoms with E-state index in [1.165, 1.54) is 45.1 Å². The van der Waals surface area contributed by atoms with Gasteiger partial charge in [-0.15, -0.1) is 10.2 Å². The molecular formula is C20H33N5O. The number of fused-ring (bicyclic) bond motifs is 1. The summed E-state index contributed by atoms with van der Waals surface area (Å²) in [5, 5.41) is 9.02. The number of carbonyl (C=O) groups excluding carboxylic acids is 1. The van der Waals surface area contributed by atoms with Gasteiger partial charge in [0.05, 0.1) is 0 Å². The molecule has 2 aliphatic heterocycles. The summed E-state index contributed by atoms with van der Waals surface area (Å²) in [6.07, 6.45) is 10.5. The number of nitrogens with zero attached hydrogens (tertiary/aromatic N) is 5. The van der Waals surface area contributed by atoms with Crippen molar-refractivity contribution in [2.24, 2.45) is 5.92 Å². The maximum atomic E-state index is 12.7. The quantitative estimate of drug-likeness (QED) is 0.829. The summed E-state index contributed by atoms with van der Waals surface area (Å²) in [6, 6.07) is 0. The van der Waals surface area contributed by atoms with Crippen molar-refractivity contribution in [2.45, 2.75) is 70.3 Å². The second-order valence-corrected chi connectivity index (χ2v) is 8.55. The molecule has 26 heavy (non-hydrogen) atoms. The Kier molecular flexibility index (Phi) is 5.57. The number of hydrogen-bond acceptors (Lipinski definition) is 4. The van der Waals surface area contributed by atoms with E-state index in [9.17, 15) is 4.79 Å². The van der Waals surface area contributed by atoms with Gasteiger partial charge in [0.2, 0.25) is 5.91 Å². The van der Waals surface area contributed by atoms with Crippen LogP contribution in [0.25, 0.3) is 0 Å². The zero-order valence-electron chi connectivity index (χ0n) is 16.2. The van der Waals surface area contributed by atoms with Crippen LogP contribution in [0.1, 0.15) is 68.9 Å². The molecule has 1 amide bonds. The van der Waals surface area contributed by atoms with Crippen LogP contribution in [0.3, 0.4) is 0 Å². The van der Waals surface area contributed by atoms with Crippen LogP contribution in [0.4, 0.5) is 0 Å². The van der Waals surface area contributed by atoms with E-state index in [2.05, 4.69) is 31.6 Å². The lowest BCUT2D eigenvalue weighted by Crippen LogP contribution is -2.34. The predicted octanol–water partition coefficient (Wildman–Crippen LogP) is 2.44. The van der Waals surface area contributed by atoms with Gasteiger partial charge in [-0.25, -0.2) is 0 Å². The van der Waals surface area contributed by atoms with Crippen LogP contribution in [0.15, 0.2) is 0 Å². The fourth-order valence-electron chi connectivity index (χ4n) is 5.06. The van der Waals surface area contributed by atoms with E-state index >= 15 is 0 Å². The van der Waals surface area contributed by atoms with Gasteiger partial charge >= 0.3 is 0 Å². The van der Waals surface area contributed by atoms with Crippen LogP contribution < -0.4 is 0 Å². The average molecular weight is 360 g/mol. The van der Waals surface area contributed by atoms with Gasteiger partial charge in [-0.05, 0) is 38.8 Å². The molecule has 1 aromatic heterocycles. The van der Waals surface area contributed by atoms with Crippen molar-refractivity contribution in [1.82, 2.24) is 24.6 Å². The molecule has 4 rings (SSSR count). The molecule has 1 atom stereocenters. The Morgan fingerprint density at radius 1 is 1.04 bits per heavy atom. The number of likely N-dealkylation sites (tertiary alicyclic amines) is 1. The molecule has 0 aromatic carbocycles. The molecule has 2 fully saturated rings. The number of carbonyl (C=O) groups is 1. The number of aromatic nitrogens is 3. The normalized spacial score (nSPS) is 25.3. The van der Waals surface area contributed by atoms with Crippen molar-refractivity contribution >= 4 is 5.91 Å². The van der Waals surface area contributed by atoms with Crippen LogP contribution in [-0.4, -0.2) is 63.7 Å². The van der Waals surface area contributed by atoms with E-state index in [1.807, 2.05) is 0 Å². The number of hydrogen-bond donors (Lipinski definition) is 0. The van der Waals surface area contributed by atoms with Crippen molar-refractivity contribution in [2.75, 3.05) is 33.2 Å². The Labute approximate surface area is 156 Å². The van der Waals surface area contributed by atoms with Crippen molar-refractivity contribution < 1.29 is 4.79 Å². The third-order valence-electron chi connectivity index (χ3n) is 6.64. The molecule has 0 bridgehead atoms. The second-order valence-electron chi connectivity index (χ2n) is 8.55. The summed E-state index contributed by atoms with van der Waals surface area (Å²) in [6.45, 7) is 4.71. The Morgan fingerprint density at radius 3 is 2.69 bits per heavy atom. The van der Waals surface area contributed by atoms with Crippen molar-refractivity contribution in [3.63, 3.8) is 0 Å². The highest BCUT2D eigenvalue weighted by molar-refractivity contribution is 5.76. The maximum absolute atomic E-state index is 12.7. The van der Waals surface area contributed by atoms with Gasteiger partial charge in [0.25, 0.3) is 0 Å². The molecule has 0 radical (unpaired) electrons. The third kappa shape index (κ3) is 3.95. The molecule has 0 unspecified atom stereocenters. The molecule has 1 aliphatic carbocycles. The number of piperidine rings is 1. The van der Waals surface area contributed by atoms with E-state index < -0.39 is 0 Å². The van der Waals surface area contributed by atoms with Gasteiger partial charge in [-0.1, -0.05) is 25.7 Å². The second kappa shape index (κ2) is 8.07. The lowest BCUT2D eigenvalue weighted by Gasteiger charge is -2.29. The molecule has 1 saturated carbocycles. The smallest absolute Gasteiger partial charge is 0.222 e. The highest BCUT2D eigenvalue weighted by Gasteiger charge is 2.28. The van der Waals surface area contributed by atoms with E-state index in [-0.39, 0.29) is 0 Å². The van der Waals surface area contributed by atoms with E-state index in [4.69, 9.17) is 0 Å². The lowest BCUT2D eigenvalue weighted by atomic mass is 9.97. The minimum absolute atomic E-state index is 0.342. The molecule has 144 valence electrons. The fourth-order valence-corrected chi connectivity index (χ4v) is 5.06. The van der Waals surface area contributed by atoms with Gasteiger partial charge in [0.15, 0.2) is 0 Å². The monoisotopic (exact) mass is 359 g/mol. The Balaban J connectivity index is 1.35. The van der Waals surface area contributed by atoms with Crippen LogP contribution >= 0.6 is 0 Å². The summed E-state index contributed by atoms with van der Waals surface area (Å²) in [4.78, 5) is 17.1. The van der Waals surface area contributed by atoms with Crippen LogP contribution in [0, 0.1) is 5.92 Å². The van der Waals surface area contributed by atoms with Gasteiger partial charge in [0.1, 0.15) is 11.6 Å². The first kappa shape index (κ1) is 18.0. The highest BCUT2D eigenvalue weighted by atomic mass is 16.2. The topological polar surface area (TPSA) is 54.3 Å². The summed E-state index contributed by atoms with van der Waals surface area (Å²) in [5.41, 5.74) is 0. The van der Waals surface area contributed by atoms with Crippen molar-refractivity contribution in [3.05, 3.63) is 11.6 Å². The van der Waals surface area contributed by atoms with Gasteiger partial charge in [0, 0.05) is 44.9 Å². The zero-order valence-corrected chi connectivity index (χ0v) is 16.2. The van der Waals surface area contributed by atoms with Gasteiger partial charge in [-0.2, -0.15) is 0 Å². The average Bonchev–Trinajstić information content (AvgIpc) is 3.25. The SMILES string of the molecule is CN1CCC[C@@H](c2nnc3n2CCN(C(=O)CCC2CCCC2)CC3)C1. The van der Waals surface area contributed by atoms with Gasteiger partial charge in [-0.3, -0.25) is 4.79 Å². The molecular weight excluding hydrogens is 326 g/mol. The Morgan fingerprint density at radius 2 is 1.88 bits per heavy atom. The molecule has 6 heteroatoms. The molecule has 1 aromatic rings. The fraction of sp³-hybridized carbons (Fsp3) is 0.850. The first-order valence-electron chi connectivity index (χ1n) is 10.6. The Bertz CT molecular complexity index is 622. The molecule has 6 nitrogen and oxygen atoms in total. The number of rotatable bonds is 4. The maximum Gasteiger partial charge on any atom is 0.222 e. The minimum Gasteiger partial charge on any atom is -0.340 e. The highest BCUT2D eigenvalue weighted by Crippen LogP contribution is 2.29. The summed E-state index contributed by atoms with van der Waals surface area (Å²) >= 11 is 0. The van der Waals surface area contributed by atoms with Crippen molar-refractivity contribution in [1.29, 1.82) is 0 Å². The Hall–Kier alpha value is -1.43. The van der Waals surface area contributed by atoms with E-state index in [1.54, 1.807) is 0 Å². The number of amides is 1. The van der Waals surface area contributed by atoms with Crippen molar-refractivity contribution in [3.8, 4) is 0 Å². The predicted molar refractivity (Wildman–Crippen MR) is 101 cm³/mol. The first-order chi connectivity index (χ1) is 12.7. The minimum atomic E-state index is 0.342. The number of likely N-dealkylation sites (N-methyl/N-ethyl adjacent to an activating group) is 1. The summed E-state index contributed by atoms with van der Waals surface area (Å²) < 4.78 is 2.31. The largest absolute Gasteiger partial charge is 0.340 e. The molecule has 3 aliphatic rings. The third-order valence-corrected chi connectivity index (χ3v) is 6.64. The van der Waals surface area contributed by atoms with E-state index in [0.29, 0.717) is 11.8 Å². The van der Waals surface area contributed by atoms with Crippen LogP contribution in [0.2, 0.25) is 0 Å². The standard InChI is InChI=1S/C20H33N5O/c1-23-11-4-7-17(15-23)20-22-21-18-10-12-24(13-14-25(18)20)19(26)9-8-16-5-2-3-6-16/h16-17H,2-15H2,1H3/t17-/m1/s1. The summed E-state index contributed by atoms with van der Waals surface area (Å²) in [5.74, 6) is 3.83. The van der Waals surface area contributed by atoms with Crippen LogP contribution in [-0.2, 0) is 17.8 Å². The zero-order chi connectivity index (χ0) is 17.9. The summed E-state index contributed by atoms with van der Waals surface area (Å²) in [7, 11) is 2.19. The lowest BCUT2D eigenvalue weighted by molar-refractivity contribution is -0.131. The van der Waals surface area contributed by atoms with Gasteiger partial charge < -0.3 is 14.4 Å². The molecule has 1 saturated heterocycles. The van der Waals surface area contributed by atoms with Crippen LogP contribution in [0.5, 0.6) is 0 Å². The molecule has 0 spiro atoms. The van der Waals surface area contributed by atoms with E-state index in [0.717, 1.165) is 63.0 Å². The molecule has 0 N–H and O–H groups in total.